The SMILES string of the molecule is CN(C)c1ccc(-c2c(C#N)c(N)[nH]c(=O)c2C#N)c(F)c1C#N. The molecule has 0 aliphatic carbocycles. The van der Waals surface area contributed by atoms with Gasteiger partial charge in [0.25, 0.3) is 5.56 Å². The third-order valence-electron chi connectivity index (χ3n) is 3.45. The monoisotopic (exact) mass is 322 g/mol. The molecule has 1 aromatic heterocycles. The lowest BCUT2D eigenvalue weighted by Gasteiger charge is -2.17. The quantitative estimate of drug-likeness (QED) is 0.859. The van der Waals surface area contributed by atoms with Crippen molar-refractivity contribution in [3.05, 3.63) is 45.0 Å². The molecule has 0 saturated carbocycles. The van der Waals surface area contributed by atoms with E-state index in [1.807, 2.05) is 0 Å². The van der Waals surface area contributed by atoms with Crippen molar-refractivity contribution in [2.24, 2.45) is 0 Å². The largest absolute Gasteiger partial charge is 0.384 e. The minimum atomic E-state index is -0.929. The summed E-state index contributed by atoms with van der Waals surface area (Å²) in [5.74, 6) is -1.20. The Morgan fingerprint density at radius 3 is 2.17 bits per heavy atom. The number of pyridine rings is 1. The Labute approximate surface area is 136 Å². The van der Waals surface area contributed by atoms with Crippen LogP contribution in [0.2, 0.25) is 0 Å². The van der Waals surface area contributed by atoms with Gasteiger partial charge in [-0.1, -0.05) is 0 Å². The van der Waals surface area contributed by atoms with Crippen LogP contribution in [-0.4, -0.2) is 19.1 Å². The fourth-order valence-electron chi connectivity index (χ4n) is 2.35. The van der Waals surface area contributed by atoms with Gasteiger partial charge in [-0.05, 0) is 12.1 Å². The first-order valence-electron chi connectivity index (χ1n) is 6.63. The number of hydrogen-bond donors (Lipinski definition) is 2. The summed E-state index contributed by atoms with van der Waals surface area (Å²) in [7, 11) is 3.28. The number of rotatable bonds is 2. The maximum Gasteiger partial charge on any atom is 0.268 e. The highest BCUT2D eigenvalue weighted by molar-refractivity contribution is 5.82. The van der Waals surface area contributed by atoms with E-state index in [9.17, 15) is 25.0 Å². The molecule has 0 spiro atoms. The van der Waals surface area contributed by atoms with Crippen molar-refractivity contribution in [2.45, 2.75) is 0 Å². The first-order valence-corrected chi connectivity index (χ1v) is 6.63. The van der Waals surface area contributed by atoms with Gasteiger partial charge >= 0.3 is 0 Å². The van der Waals surface area contributed by atoms with E-state index < -0.39 is 16.9 Å². The highest BCUT2D eigenvalue weighted by Gasteiger charge is 2.23. The molecule has 0 atom stereocenters. The van der Waals surface area contributed by atoms with Crippen LogP contribution in [0.3, 0.4) is 0 Å². The average molecular weight is 322 g/mol. The smallest absolute Gasteiger partial charge is 0.268 e. The first kappa shape index (κ1) is 16.5. The number of halogens is 1. The van der Waals surface area contributed by atoms with E-state index in [-0.39, 0.29) is 28.1 Å². The lowest BCUT2D eigenvalue weighted by Crippen LogP contribution is -2.17. The van der Waals surface area contributed by atoms with Gasteiger partial charge in [0.1, 0.15) is 40.7 Å². The molecule has 24 heavy (non-hydrogen) atoms. The van der Waals surface area contributed by atoms with Crippen LogP contribution in [0.15, 0.2) is 16.9 Å². The molecule has 1 aromatic carbocycles. The maximum absolute atomic E-state index is 14.9. The minimum Gasteiger partial charge on any atom is -0.384 e. The third-order valence-corrected chi connectivity index (χ3v) is 3.45. The molecular weight excluding hydrogens is 311 g/mol. The van der Waals surface area contributed by atoms with Gasteiger partial charge < -0.3 is 15.6 Å². The van der Waals surface area contributed by atoms with Gasteiger partial charge in [0, 0.05) is 25.2 Å². The molecule has 2 rings (SSSR count). The summed E-state index contributed by atoms with van der Waals surface area (Å²) in [6, 6.07) is 7.95. The first-order chi connectivity index (χ1) is 11.4. The molecule has 8 heteroatoms. The number of nitrogen functional groups attached to an aromatic ring is 1. The number of nitriles is 3. The molecule has 0 bridgehead atoms. The van der Waals surface area contributed by atoms with Crippen molar-refractivity contribution in [3.8, 4) is 29.3 Å². The maximum atomic E-state index is 14.9. The Kier molecular flexibility index (Phi) is 4.21. The lowest BCUT2D eigenvalue weighted by atomic mass is 9.94. The number of aromatic nitrogens is 1. The Hall–Kier alpha value is -3.83. The summed E-state index contributed by atoms with van der Waals surface area (Å²) >= 11 is 0. The molecule has 118 valence electrons. The fraction of sp³-hybridized carbons (Fsp3) is 0.125. The second kappa shape index (κ2) is 6.12. The highest BCUT2D eigenvalue weighted by Crippen LogP contribution is 2.34. The van der Waals surface area contributed by atoms with E-state index in [0.717, 1.165) is 0 Å². The molecular formula is C16H11FN6O. The zero-order valence-electron chi connectivity index (χ0n) is 12.8. The molecule has 0 radical (unpaired) electrons. The average Bonchev–Trinajstić information content (AvgIpc) is 2.53. The van der Waals surface area contributed by atoms with E-state index >= 15 is 0 Å². The van der Waals surface area contributed by atoms with Gasteiger partial charge in [-0.2, -0.15) is 15.8 Å². The summed E-state index contributed by atoms with van der Waals surface area (Å²) in [6.07, 6.45) is 0. The van der Waals surface area contributed by atoms with Gasteiger partial charge in [-0.15, -0.1) is 0 Å². The van der Waals surface area contributed by atoms with Crippen molar-refractivity contribution >= 4 is 11.5 Å². The van der Waals surface area contributed by atoms with Crippen LogP contribution in [0.25, 0.3) is 11.1 Å². The summed E-state index contributed by atoms with van der Waals surface area (Å²) in [5.41, 5.74) is 3.74. The standard InChI is InChI=1S/C16H11FN6O/c1-23(2)12-4-3-8(14(17)9(12)5-18)13-10(6-19)15(21)22-16(24)11(13)7-20/h3-4H,1-2H3,(H3,21,22,24). The van der Waals surface area contributed by atoms with Crippen LogP contribution in [-0.2, 0) is 0 Å². The number of nitrogens with zero attached hydrogens (tertiary/aromatic N) is 4. The second-order valence-corrected chi connectivity index (χ2v) is 5.04. The third kappa shape index (κ3) is 2.41. The number of anilines is 2. The fourth-order valence-corrected chi connectivity index (χ4v) is 2.35. The molecule has 3 N–H and O–H groups in total. The van der Waals surface area contributed by atoms with Crippen molar-refractivity contribution in [1.29, 1.82) is 15.8 Å². The zero-order valence-corrected chi connectivity index (χ0v) is 12.8. The molecule has 0 fully saturated rings. The highest BCUT2D eigenvalue weighted by atomic mass is 19.1. The van der Waals surface area contributed by atoms with Gasteiger partial charge in [-0.3, -0.25) is 4.79 Å². The normalized spacial score (nSPS) is 9.67. The topological polar surface area (TPSA) is 133 Å². The number of hydrogen-bond acceptors (Lipinski definition) is 6. The molecule has 0 unspecified atom stereocenters. The molecule has 0 amide bonds. The van der Waals surface area contributed by atoms with Crippen LogP contribution in [0.1, 0.15) is 16.7 Å². The molecule has 1 heterocycles. The van der Waals surface area contributed by atoms with Gasteiger partial charge in [0.15, 0.2) is 5.82 Å². The van der Waals surface area contributed by atoms with Crippen molar-refractivity contribution in [3.63, 3.8) is 0 Å². The zero-order chi connectivity index (χ0) is 18.0. The summed E-state index contributed by atoms with van der Waals surface area (Å²) < 4.78 is 14.9. The number of nitrogens with two attached hydrogens (primary N) is 1. The van der Waals surface area contributed by atoms with Crippen LogP contribution < -0.4 is 16.2 Å². The second-order valence-electron chi connectivity index (χ2n) is 5.04. The van der Waals surface area contributed by atoms with E-state index in [4.69, 9.17) is 5.73 Å². The van der Waals surface area contributed by atoms with E-state index in [2.05, 4.69) is 4.98 Å². The van der Waals surface area contributed by atoms with Crippen LogP contribution in [0.4, 0.5) is 15.9 Å². The summed E-state index contributed by atoms with van der Waals surface area (Å²) in [4.78, 5) is 15.6. The predicted octanol–water partition coefficient (Wildman–Crippen LogP) is 1.44. The Bertz CT molecular complexity index is 1020. The van der Waals surface area contributed by atoms with Crippen molar-refractivity contribution in [2.75, 3.05) is 24.7 Å². The molecule has 7 nitrogen and oxygen atoms in total. The molecule has 0 saturated heterocycles. The van der Waals surface area contributed by atoms with E-state index in [0.29, 0.717) is 5.69 Å². The summed E-state index contributed by atoms with van der Waals surface area (Å²) in [5, 5.41) is 27.7. The number of aromatic amines is 1. The van der Waals surface area contributed by atoms with Gasteiger partial charge in [0.05, 0.1) is 5.69 Å². The number of H-pyrrole nitrogens is 1. The summed E-state index contributed by atoms with van der Waals surface area (Å²) in [6.45, 7) is 0. The Morgan fingerprint density at radius 1 is 1.08 bits per heavy atom. The minimum absolute atomic E-state index is 0.206. The van der Waals surface area contributed by atoms with Crippen LogP contribution in [0.5, 0.6) is 0 Å². The van der Waals surface area contributed by atoms with Gasteiger partial charge in [-0.25, -0.2) is 4.39 Å². The van der Waals surface area contributed by atoms with Crippen LogP contribution in [0, 0.1) is 39.8 Å². The Morgan fingerprint density at radius 2 is 1.67 bits per heavy atom. The number of nitrogens with one attached hydrogen (secondary N) is 1. The Balaban J connectivity index is 3.00. The predicted molar refractivity (Wildman–Crippen MR) is 85.3 cm³/mol. The van der Waals surface area contributed by atoms with Crippen molar-refractivity contribution < 1.29 is 4.39 Å². The lowest BCUT2D eigenvalue weighted by molar-refractivity contribution is 0.627. The van der Waals surface area contributed by atoms with E-state index in [1.165, 1.54) is 12.1 Å². The molecule has 2 aromatic rings. The van der Waals surface area contributed by atoms with Crippen LogP contribution >= 0.6 is 0 Å². The van der Waals surface area contributed by atoms with E-state index in [1.54, 1.807) is 37.2 Å². The molecule has 0 aliphatic heterocycles. The molecule has 0 aliphatic rings. The van der Waals surface area contributed by atoms with Gasteiger partial charge in [0.2, 0.25) is 0 Å². The van der Waals surface area contributed by atoms with Crippen molar-refractivity contribution in [1.82, 2.24) is 4.98 Å². The number of benzene rings is 1.